The number of nitrogens with zero attached hydrogens (tertiary/aromatic N) is 3. The van der Waals surface area contributed by atoms with Crippen molar-refractivity contribution in [2.24, 2.45) is 7.05 Å². The number of aromatic nitrogens is 3. The van der Waals surface area contributed by atoms with Crippen LogP contribution in [0.25, 0.3) is 22.4 Å². The van der Waals surface area contributed by atoms with E-state index in [9.17, 15) is 0 Å². The Morgan fingerprint density at radius 3 is 2.88 bits per heavy atom. The Kier molecular flexibility index (Phi) is 2.44. The molecule has 0 aliphatic carbocycles. The molecule has 0 N–H and O–H groups in total. The van der Waals surface area contributed by atoms with Gasteiger partial charge >= 0.3 is 0 Å². The van der Waals surface area contributed by atoms with Crippen molar-refractivity contribution in [3.8, 4) is 11.4 Å². The van der Waals surface area contributed by atoms with Gasteiger partial charge in [-0.1, -0.05) is 15.9 Å². The Balaban J connectivity index is 2.28. The van der Waals surface area contributed by atoms with Crippen LogP contribution in [0.2, 0.25) is 0 Å². The number of hydrogen-bond acceptors (Lipinski definition) is 2. The van der Waals surface area contributed by atoms with Crippen LogP contribution >= 0.6 is 15.9 Å². The molecular weight excluding hydrogens is 278 g/mol. The number of aryl methyl sites for hydroxylation is 1. The SMILES string of the molecule is Cn1c(-c2cccnc2)nc2cc(Br)ccc21. The Hall–Kier alpha value is -1.68. The van der Waals surface area contributed by atoms with Crippen molar-refractivity contribution in [2.75, 3.05) is 0 Å². The first-order valence-corrected chi connectivity index (χ1v) is 6.07. The van der Waals surface area contributed by atoms with Crippen LogP contribution in [0.4, 0.5) is 0 Å². The molecule has 0 atom stereocenters. The summed E-state index contributed by atoms with van der Waals surface area (Å²) < 4.78 is 3.12. The molecule has 3 nitrogen and oxygen atoms in total. The van der Waals surface area contributed by atoms with E-state index >= 15 is 0 Å². The van der Waals surface area contributed by atoms with Crippen LogP contribution in [0.1, 0.15) is 0 Å². The third kappa shape index (κ3) is 1.74. The molecule has 0 bridgehead atoms. The van der Waals surface area contributed by atoms with Crippen molar-refractivity contribution >= 4 is 27.0 Å². The maximum absolute atomic E-state index is 4.64. The number of hydrogen-bond donors (Lipinski definition) is 0. The lowest BCUT2D eigenvalue weighted by Gasteiger charge is -2.01. The van der Waals surface area contributed by atoms with Gasteiger partial charge in [0, 0.05) is 29.5 Å². The summed E-state index contributed by atoms with van der Waals surface area (Å²) in [6.07, 6.45) is 3.60. The summed E-state index contributed by atoms with van der Waals surface area (Å²) in [6.45, 7) is 0. The third-order valence-corrected chi connectivity index (χ3v) is 3.26. The lowest BCUT2D eigenvalue weighted by atomic mass is 10.3. The van der Waals surface area contributed by atoms with Gasteiger partial charge in [0.2, 0.25) is 0 Å². The second-order valence-electron chi connectivity index (χ2n) is 3.87. The molecule has 0 spiro atoms. The van der Waals surface area contributed by atoms with Crippen LogP contribution in [0.5, 0.6) is 0 Å². The van der Waals surface area contributed by atoms with Gasteiger partial charge in [-0.25, -0.2) is 4.98 Å². The van der Waals surface area contributed by atoms with Crippen molar-refractivity contribution in [3.05, 3.63) is 47.2 Å². The molecule has 0 saturated heterocycles. The van der Waals surface area contributed by atoms with Crippen molar-refractivity contribution in [1.82, 2.24) is 14.5 Å². The molecule has 0 unspecified atom stereocenters. The zero-order valence-electron chi connectivity index (χ0n) is 9.26. The van der Waals surface area contributed by atoms with Crippen molar-refractivity contribution < 1.29 is 0 Å². The van der Waals surface area contributed by atoms with E-state index in [0.29, 0.717) is 0 Å². The molecule has 0 aliphatic rings. The lowest BCUT2D eigenvalue weighted by molar-refractivity contribution is 0.957. The predicted octanol–water partition coefficient (Wildman–Crippen LogP) is 3.40. The summed E-state index contributed by atoms with van der Waals surface area (Å²) in [7, 11) is 2.02. The fraction of sp³-hybridized carbons (Fsp3) is 0.0769. The fourth-order valence-corrected chi connectivity index (χ4v) is 2.28. The van der Waals surface area contributed by atoms with Crippen LogP contribution in [0.15, 0.2) is 47.2 Å². The quantitative estimate of drug-likeness (QED) is 0.687. The minimum absolute atomic E-state index is 0.936. The van der Waals surface area contributed by atoms with Crippen LogP contribution in [0.3, 0.4) is 0 Å². The minimum atomic E-state index is 0.936. The first kappa shape index (κ1) is 10.5. The zero-order valence-corrected chi connectivity index (χ0v) is 10.8. The number of halogens is 1. The number of imidazole rings is 1. The van der Waals surface area contributed by atoms with Gasteiger partial charge in [0.05, 0.1) is 11.0 Å². The molecule has 0 radical (unpaired) electrons. The van der Waals surface area contributed by atoms with Gasteiger partial charge in [-0.3, -0.25) is 4.98 Å². The molecule has 0 fully saturated rings. The van der Waals surface area contributed by atoms with Gasteiger partial charge in [0.15, 0.2) is 0 Å². The molecule has 2 aromatic heterocycles. The minimum Gasteiger partial charge on any atom is -0.327 e. The van der Waals surface area contributed by atoms with Crippen LogP contribution in [0, 0.1) is 0 Å². The lowest BCUT2D eigenvalue weighted by Crippen LogP contribution is -1.92. The number of pyridine rings is 1. The molecule has 0 amide bonds. The van der Waals surface area contributed by atoms with Gasteiger partial charge < -0.3 is 4.57 Å². The van der Waals surface area contributed by atoms with E-state index < -0.39 is 0 Å². The topological polar surface area (TPSA) is 30.7 Å². The zero-order chi connectivity index (χ0) is 11.8. The van der Waals surface area contributed by atoms with E-state index in [1.165, 1.54) is 0 Å². The predicted molar refractivity (Wildman–Crippen MR) is 71.6 cm³/mol. The maximum Gasteiger partial charge on any atom is 0.142 e. The van der Waals surface area contributed by atoms with Gasteiger partial charge in [0.25, 0.3) is 0 Å². The summed E-state index contributed by atoms with van der Waals surface area (Å²) in [5, 5.41) is 0. The van der Waals surface area contributed by atoms with Gasteiger partial charge in [-0.05, 0) is 30.3 Å². The van der Waals surface area contributed by atoms with Crippen LogP contribution in [-0.2, 0) is 7.05 Å². The first-order valence-electron chi connectivity index (χ1n) is 5.28. The average Bonchev–Trinajstić information content (AvgIpc) is 2.67. The molecule has 17 heavy (non-hydrogen) atoms. The fourth-order valence-electron chi connectivity index (χ4n) is 1.93. The Labute approximate surface area is 107 Å². The summed E-state index contributed by atoms with van der Waals surface area (Å²) in [5.74, 6) is 0.936. The van der Waals surface area contributed by atoms with E-state index in [1.54, 1.807) is 6.20 Å². The normalized spacial score (nSPS) is 10.9. The molecule has 0 aliphatic heterocycles. The molecule has 3 rings (SSSR count). The molecule has 3 aromatic rings. The molecular formula is C13H10BrN3. The highest BCUT2D eigenvalue weighted by atomic mass is 79.9. The van der Waals surface area contributed by atoms with Crippen molar-refractivity contribution in [3.63, 3.8) is 0 Å². The highest BCUT2D eigenvalue weighted by molar-refractivity contribution is 9.10. The highest BCUT2D eigenvalue weighted by Gasteiger charge is 2.09. The first-order chi connectivity index (χ1) is 8.25. The van der Waals surface area contributed by atoms with Crippen molar-refractivity contribution in [1.29, 1.82) is 0 Å². The second-order valence-corrected chi connectivity index (χ2v) is 4.78. The number of fused-ring (bicyclic) bond motifs is 1. The highest BCUT2D eigenvalue weighted by Crippen LogP contribution is 2.25. The van der Waals surface area contributed by atoms with E-state index in [0.717, 1.165) is 26.9 Å². The summed E-state index contributed by atoms with van der Waals surface area (Å²) in [4.78, 5) is 8.76. The Bertz CT molecular complexity index is 674. The average molecular weight is 288 g/mol. The van der Waals surface area contributed by atoms with E-state index in [1.807, 2.05) is 37.5 Å². The second kappa shape index (κ2) is 3.96. The van der Waals surface area contributed by atoms with Crippen molar-refractivity contribution in [2.45, 2.75) is 0 Å². The third-order valence-electron chi connectivity index (χ3n) is 2.76. The summed E-state index contributed by atoms with van der Waals surface area (Å²) >= 11 is 3.46. The largest absolute Gasteiger partial charge is 0.327 e. The maximum atomic E-state index is 4.64. The van der Waals surface area contributed by atoms with E-state index in [2.05, 4.69) is 36.5 Å². The monoisotopic (exact) mass is 287 g/mol. The smallest absolute Gasteiger partial charge is 0.142 e. The molecule has 0 saturated carbocycles. The molecule has 1 aromatic carbocycles. The van der Waals surface area contributed by atoms with E-state index in [-0.39, 0.29) is 0 Å². The van der Waals surface area contributed by atoms with Crippen LogP contribution in [-0.4, -0.2) is 14.5 Å². The summed E-state index contributed by atoms with van der Waals surface area (Å²) in [6, 6.07) is 10.0. The van der Waals surface area contributed by atoms with Gasteiger partial charge in [0.1, 0.15) is 5.82 Å². The van der Waals surface area contributed by atoms with Gasteiger partial charge in [-0.15, -0.1) is 0 Å². The number of benzene rings is 1. The summed E-state index contributed by atoms with van der Waals surface area (Å²) in [5.41, 5.74) is 3.13. The van der Waals surface area contributed by atoms with Gasteiger partial charge in [-0.2, -0.15) is 0 Å². The molecule has 84 valence electrons. The molecule has 4 heteroatoms. The Morgan fingerprint density at radius 1 is 1.24 bits per heavy atom. The van der Waals surface area contributed by atoms with E-state index in [4.69, 9.17) is 0 Å². The van der Waals surface area contributed by atoms with Crippen LogP contribution < -0.4 is 0 Å². The standard InChI is InChI=1S/C13H10BrN3/c1-17-12-5-4-10(14)7-11(12)16-13(17)9-3-2-6-15-8-9/h2-8H,1H3. The molecule has 2 heterocycles. The number of rotatable bonds is 1. The Morgan fingerprint density at radius 2 is 2.12 bits per heavy atom.